The van der Waals surface area contributed by atoms with Crippen molar-refractivity contribution in [2.45, 2.75) is 26.3 Å². The molecule has 0 aliphatic heterocycles. The first-order valence-corrected chi connectivity index (χ1v) is 5.19. The van der Waals surface area contributed by atoms with Gasteiger partial charge in [0, 0.05) is 6.04 Å². The predicted molar refractivity (Wildman–Crippen MR) is 61.4 cm³/mol. The van der Waals surface area contributed by atoms with Crippen LogP contribution in [0.1, 0.15) is 23.6 Å². The van der Waals surface area contributed by atoms with Crippen molar-refractivity contribution in [1.29, 1.82) is 0 Å². The predicted octanol–water partition coefficient (Wildman–Crippen LogP) is 2.54. The molecule has 0 spiro atoms. The van der Waals surface area contributed by atoms with Crippen molar-refractivity contribution >= 4 is 5.57 Å². The van der Waals surface area contributed by atoms with E-state index < -0.39 is 0 Å². The highest BCUT2D eigenvalue weighted by Gasteiger charge is 2.17. The summed E-state index contributed by atoms with van der Waals surface area (Å²) in [5.74, 6) is 0. The number of hydrogen-bond donors (Lipinski definition) is 1. The molecule has 0 amide bonds. The fraction of sp³-hybridized carbons (Fsp3) is 0.385. The third-order valence-electron chi connectivity index (χ3n) is 3.01. The smallest absolute Gasteiger partial charge is 0.0292 e. The van der Waals surface area contributed by atoms with Gasteiger partial charge in [0.2, 0.25) is 0 Å². The van der Waals surface area contributed by atoms with Crippen LogP contribution in [-0.4, -0.2) is 13.1 Å². The molecule has 1 aliphatic rings. The van der Waals surface area contributed by atoms with E-state index in [0.29, 0.717) is 6.04 Å². The summed E-state index contributed by atoms with van der Waals surface area (Å²) in [4.78, 5) is 0. The van der Waals surface area contributed by atoms with Crippen LogP contribution in [0.2, 0.25) is 0 Å². The molecular weight excluding hydrogens is 170 g/mol. The highest BCUT2D eigenvalue weighted by Crippen LogP contribution is 2.30. The van der Waals surface area contributed by atoms with Gasteiger partial charge in [-0.2, -0.15) is 0 Å². The van der Waals surface area contributed by atoms with Crippen LogP contribution < -0.4 is 5.32 Å². The maximum absolute atomic E-state index is 3.29. The summed E-state index contributed by atoms with van der Waals surface area (Å²) in [5.41, 5.74) is 5.71. The molecule has 1 N–H and O–H groups in total. The van der Waals surface area contributed by atoms with E-state index in [0.717, 1.165) is 6.42 Å². The van der Waals surface area contributed by atoms with Gasteiger partial charge in [-0.05, 0) is 44.0 Å². The molecule has 0 radical (unpaired) electrons. The molecule has 2 rings (SSSR count). The molecule has 0 saturated carbocycles. The van der Waals surface area contributed by atoms with E-state index in [4.69, 9.17) is 0 Å². The van der Waals surface area contributed by atoms with E-state index in [1.54, 1.807) is 0 Å². The monoisotopic (exact) mass is 187 g/mol. The van der Waals surface area contributed by atoms with E-state index in [2.05, 4.69) is 43.4 Å². The zero-order chi connectivity index (χ0) is 10.1. The van der Waals surface area contributed by atoms with Crippen molar-refractivity contribution in [1.82, 2.24) is 5.32 Å². The molecule has 1 nitrogen and oxygen atoms in total. The van der Waals surface area contributed by atoms with Crippen LogP contribution in [0.25, 0.3) is 5.57 Å². The summed E-state index contributed by atoms with van der Waals surface area (Å²) in [6, 6.07) is 7.19. The van der Waals surface area contributed by atoms with Crippen molar-refractivity contribution < 1.29 is 0 Å². The van der Waals surface area contributed by atoms with Gasteiger partial charge in [0.1, 0.15) is 0 Å². The lowest BCUT2D eigenvalue weighted by molar-refractivity contribution is 0.745. The fourth-order valence-corrected chi connectivity index (χ4v) is 2.07. The van der Waals surface area contributed by atoms with Crippen LogP contribution in [0.5, 0.6) is 0 Å². The Morgan fingerprint density at radius 2 is 2.14 bits per heavy atom. The Hall–Kier alpha value is -1.08. The third-order valence-corrected chi connectivity index (χ3v) is 3.01. The number of benzene rings is 1. The van der Waals surface area contributed by atoms with Gasteiger partial charge < -0.3 is 5.32 Å². The summed E-state index contributed by atoms with van der Waals surface area (Å²) in [7, 11) is 2.01. The van der Waals surface area contributed by atoms with E-state index in [-0.39, 0.29) is 0 Å². The van der Waals surface area contributed by atoms with E-state index in [1.807, 2.05) is 7.05 Å². The van der Waals surface area contributed by atoms with Crippen LogP contribution in [0.3, 0.4) is 0 Å². The molecule has 0 heterocycles. The van der Waals surface area contributed by atoms with Gasteiger partial charge in [-0.15, -0.1) is 0 Å². The number of nitrogens with one attached hydrogen (secondary N) is 1. The van der Waals surface area contributed by atoms with Crippen LogP contribution in [0.4, 0.5) is 0 Å². The molecule has 1 unspecified atom stereocenters. The lowest BCUT2D eigenvalue weighted by atomic mass is 9.99. The second-order valence-electron chi connectivity index (χ2n) is 4.03. The van der Waals surface area contributed by atoms with Crippen molar-refractivity contribution in [2.75, 3.05) is 7.05 Å². The van der Waals surface area contributed by atoms with Crippen LogP contribution in [-0.2, 0) is 6.42 Å². The molecule has 14 heavy (non-hydrogen) atoms. The van der Waals surface area contributed by atoms with Crippen molar-refractivity contribution in [2.24, 2.45) is 0 Å². The van der Waals surface area contributed by atoms with Gasteiger partial charge in [0.25, 0.3) is 0 Å². The first-order chi connectivity index (χ1) is 6.72. The summed E-state index contributed by atoms with van der Waals surface area (Å²) in [6.45, 7) is 4.36. The maximum atomic E-state index is 3.29. The Labute approximate surface area is 85.8 Å². The summed E-state index contributed by atoms with van der Waals surface area (Å²) in [6.07, 6.45) is 3.43. The van der Waals surface area contributed by atoms with Crippen LogP contribution in [0.15, 0.2) is 24.3 Å². The molecule has 1 atom stereocenters. The van der Waals surface area contributed by atoms with Gasteiger partial charge in [-0.1, -0.05) is 29.8 Å². The number of aryl methyl sites for hydroxylation is 1. The molecule has 1 aromatic rings. The number of allylic oxidation sites excluding steroid dienone is 1. The zero-order valence-electron chi connectivity index (χ0n) is 9.09. The molecule has 1 aromatic carbocycles. The highest BCUT2D eigenvalue weighted by molar-refractivity contribution is 5.76. The Bertz CT molecular complexity index is 377. The summed E-state index contributed by atoms with van der Waals surface area (Å²) < 4.78 is 0. The minimum atomic E-state index is 0.457. The van der Waals surface area contributed by atoms with Gasteiger partial charge >= 0.3 is 0 Å². The van der Waals surface area contributed by atoms with Gasteiger partial charge in [0.05, 0.1) is 0 Å². The van der Waals surface area contributed by atoms with E-state index >= 15 is 0 Å². The van der Waals surface area contributed by atoms with Gasteiger partial charge in [-0.25, -0.2) is 0 Å². The van der Waals surface area contributed by atoms with Crippen LogP contribution >= 0.6 is 0 Å². The lowest BCUT2D eigenvalue weighted by Gasteiger charge is -2.13. The molecule has 0 aromatic heterocycles. The molecule has 1 heteroatoms. The zero-order valence-corrected chi connectivity index (χ0v) is 9.09. The van der Waals surface area contributed by atoms with E-state index in [1.165, 1.54) is 22.3 Å². The van der Waals surface area contributed by atoms with Gasteiger partial charge in [-0.3, -0.25) is 0 Å². The van der Waals surface area contributed by atoms with Crippen molar-refractivity contribution in [3.8, 4) is 0 Å². The average molecular weight is 187 g/mol. The number of hydrogen-bond acceptors (Lipinski definition) is 1. The first-order valence-electron chi connectivity index (χ1n) is 5.19. The minimum Gasteiger partial charge on any atom is -0.313 e. The topological polar surface area (TPSA) is 12.0 Å². The Kier molecular flexibility index (Phi) is 2.42. The van der Waals surface area contributed by atoms with E-state index in [9.17, 15) is 0 Å². The molecule has 0 fully saturated rings. The first kappa shape index (κ1) is 9.47. The molecule has 1 aliphatic carbocycles. The second-order valence-corrected chi connectivity index (χ2v) is 4.03. The van der Waals surface area contributed by atoms with Crippen molar-refractivity contribution in [3.05, 3.63) is 41.0 Å². The summed E-state index contributed by atoms with van der Waals surface area (Å²) in [5, 5.41) is 3.29. The summed E-state index contributed by atoms with van der Waals surface area (Å²) >= 11 is 0. The van der Waals surface area contributed by atoms with Crippen LogP contribution in [0, 0.1) is 6.92 Å². The molecular formula is C13H17N. The molecule has 74 valence electrons. The molecule has 0 bridgehead atoms. The third kappa shape index (κ3) is 1.48. The second kappa shape index (κ2) is 3.58. The largest absolute Gasteiger partial charge is 0.313 e. The Morgan fingerprint density at radius 1 is 1.36 bits per heavy atom. The number of rotatable bonds is 2. The average Bonchev–Trinajstić information content (AvgIpc) is 2.59. The Balaban J connectivity index is 2.37. The number of fused-ring (bicyclic) bond motifs is 1. The minimum absolute atomic E-state index is 0.457. The molecule has 0 saturated heterocycles. The van der Waals surface area contributed by atoms with Gasteiger partial charge in [0.15, 0.2) is 0 Å². The highest BCUT2D eigenvalue weighted by atomic mass is 14.9. The fourth-order valence-electron chi connectivity index (χ4n) is 2.07. The standard InChI is InChI=1S/C13H17N/c1-9-4-6-13-11(8-9)5-7-12(13)10(2)14-3/h4,6-8,10,14H,5H2,1-3H3. The quantitative estimate of drug-likeness (QED) is 0.750. The Morgan fingerprint density at radius 3 is 2.86 bits per heavy atom. The van der Waals surface area contributed by atoms with Crippen molar-refractivity contribution in [3.63, 3.8) is 0 Å². The number of likely N-dealkylation sites (N-methyl/N-ethyl adjacent to an activating group) is 1. The lowest BCUT2D eigenvalue weighted by Crippen LogP contribution is -2.22. The maximum Gasteiger partial charge on any atom is 0.0292 e. The normalized spacial score (nSPS) is 16.4. The SMILES string of the molecule is CNC(C)C1=CCc2cc(C)ccc21.